The minimum atomic E-state index is -0.464. The highest BCUT2D eigenvalue weighted by molar-refractivity contribution is 5.67. The van der Waals surface area contributed by atoms with Gasteiger partial charge in [0, 0.05) is 32.6 Å². The summed E-state index contributed by atoms with van der Waals surface area (Å²) in [6, 6.07) is 4.25. The lowest BCUT2D eigenvalue weighted by Gasteiger charge is -2.29. The number of hydrogen-bond acceptors (Lipinski definition) is 5. The lowest BCUT2D eigenvalue weighted by atomic mass is 9.99. The van der Waals surface area contributed by atoms with E-state index in [-0.39, 0.29) is 6.09 Å². The van der Waals surface area contributed by atoms with Crippen LogP contribution >= 0.6 is 0 Å². The van der Waals surface area contributed by atoms with Crippen molar-refractivity contribution < 1.29 is 19.0 Å². The summed E-state index contributed by atoms with van der Waals surface area (Å²) in [6.07, 6.45) is 1.54. The van der Waals surface area contributed by atoms with Gasteiger partial charge in [0.2, 0.25) is 0 Å². The van der Waals surface area contributed by atoms with Crippen LogP contribution in [0, 0.1) is 0 Å². The summed E-state index contributed by atoms with van der Waals surface area (Å²) >= 11 is 0. The second-order valence-corrected chi connectivity index (χ2v) is 7.57. The Labute approximate surface area is 149 Å². The third-order valence-electron chi connectivity index (χ3n) is 4.26. The van der Waals surface area contributed by atoms with E-state index < -0.39 is 5.60 Å². The molecule has 138 valence electrons. The zero-order valence-corrected chi connectivity index (χ0v) is 15.4. The van der Waals surface area contributed by atoms with Crippen LogP contribution in [0.5, 0.6) is 11.5 Å². The molecule has 0 atom stereocenters. The maximum absolute atomic E-state index is 11.7. The molecule has 0 fully saturated rings. The molecule has 2 aliphatic rings. The summed E-state index contributed by atoms with van der Waals surface area (Å²) in [7, 11) is 0. The van der Waals surface area contributed by atoms with Crippen LogP contribution in [-0.2, 0) is 17.7 Å². The third-order valence-corrected chi connectivity index (χ3v) is 4.26. The molecule has 0 unspecified atom stereocenters. The quantitative estimate of drug-likeness (QED) is 0.910. The third kappa shape index (κ3) is 5.01. The van der Waals surface area contributed by atoms with Crippen molar-refractivity contribution in [2.45, 2.75) is 45.8 Å². The van der Waals surface area contributed by atoms with Crippen LogP contribution in [0.15, 0.2) is 12.1 Å². The number of carbonyl (C=O) groups is 1. The van der Waals surface area contributed by atoms with E-state index in [1.54, 1.807) is 0 Å². The van der Waals surface area contributed by atoms with Gasteiger partial charge in [-0.15, -0.1) is 0 Å². The first-order chi connectivity index (χ1) is 11.9. The standard InChI is InChI=1S/C19H28N2O4/c1-19(2,3)25-18(22)20-6-8-21-7-5-14-11-16-17(12-15(14)13-21)24-10-4-9-23-16/h11-12H,4-10,13H2,1-3H3,(H,20,22). The maximum atomic E-state index is 11.7. The molecule has 3 rings (SSSR count). The number of fused-ring (bicyclic) bond motifs is 2. The largest absolute Gasteiger partial charge is 0.490 e. The fourth-order valence-electron chi connectivity index (χ4n) is 3.09. The first-order valence-corrected chi connectivity index (χ1v) is 9.01. The number of alkyl carbamates (subject to hydrolysis) is 1. The molecule has 0 aromatic heterocycles. The van der Waals surface area contributed by atoms with Gasteiger partial charge in [-0.1, -0.05) is 0 Å². The molecule has 2 aliphatic heterocycles. The molecule has 25 heavy (non-hydrogen) atoms. The normalized spacial score (nSPS) is 17.4. The van der Waals surface area contributed by atoms with E-state index >= 15 is 0 Å². The van der Waals surface area contributed by atoms with Crippen molar-refractivity contribution in [3.63, 3.8) is 0 Å². The van der Waals surface area contributed by atoms with Crippen LogP contribution < -0.4 is 14.8 Å². The average Bonchev–Trinajstić information content (AvgIpc) is 2.75. The van der Waals surface area contributed by atoms with Gasteiger partial charge in [-0.05, 0) is 50.5 Å². The molecular weight excluding hydrogens is 320 g/mol. The summed E-state index contributed by atoms with van der Waals surface area (Å²) < 4.78 is 16.8. The number of hydrogen-bond donors (Lipinski definition) is 1. The van der Waals surface area contributed by atoms with Crippen molar-refractivity contribution >= 4 is 6.09 Å². The van der Waals surface area contributed by atoms with E-state index in [9.17, 15) is 4.79 Å². The van der Waals surface area contributed by atoms with Crippen LogP contribution in [0.1, 0.15) is 38.3 Å². The van der Waals surface area contributed by atoms with Crippen LogP contribution in [0.25, 0.3) is 0 Å². The van der Waals surface area contributed by atoms with E-state index in [0.717, 1.165) is 44.0 Å². The molecule has 0 bridgehead atoms. The Morgan fingerprint density at radius 3 is 2.56 bits per heavy atom. The predicted octanol–water partition coefficient (Wildman–Crippen LogP) is 2.73. The van der Waals surface area contributed by atoms with Gasteiger partial charge in [0.15, 0.2) is 11.5 Å². The van der Waals surface area contributed by atoms with Crippen LogP contribution in [0.3, 0.4) is 0 Å². The topological polar surface area (TPSA) is 60.0 Å². The molecule has 0 spiro atoms. The molecule has 1 aromatic rings. The Morgan fingerprint density at radius 1 is 1.20 bits per heavy atom. The van der Waals surface area contributed by atoms with Gasteiger partial charge in [0.25, 0.3) is 0 Å². The zero-order valence-electron chi connectivity index (χ0n) is 15.4. The lowest BCUT2D eigenvalue weighted by molar-refractivity contribution is 0.0521. The molecule has 0 saturated carbocycles. The Hall–Kier alpha value is -1.95. The van der Waals surface area contributed by atoms with Gasteiger partial charge < -0.3 is 19.5 Å². The van der Waals surface area contributed by atoms with Crippen molar-refractivity contribution in [2.24, 2.45) is 0 Å². The number of ether oxygens (including phenoxy) is 3. The SMILES string of the molecule is CC(C)(C)OC(=O)NCCN1CCc2cc3c(cc2C1)OCCCO3. The lowest BCUT2D eigenvalue weighted by Crippen LogP contribution is -2.39. The van der Waals surface area contributed by atoms with Gasteiger partial charge in [0.1, 0.15) is 5.60 Å². The molecule has 1 aromatic carbocycles. The van der Waals surface area contributed by atoms with Crippen LogP contribution in [-0.4, -0.2) is 49.4 Å². The van der Waals surface area contributed by atoms with E-state index in [1.165, 1.54) is 11.1 Å². The molecule has 6 heteroatoms. The van der Waals surface area contributed by atoms with Crippen molar-refractivity contribution in [2.75, 3.05) is 32.8 Å². The number of carbonyl (C=O) groups excluding carboxylic acids is 1. The van der Waals surface area contributed by atoms with E-state index in [2.05, 4.69) is 22.3 Å². The number of amides is 1. The van der Waals surface area contributed by atoms with E-state index in [1.807, 2.05) is 20.8 Å². The Bertz CT molecular complexity index is 625. The smallest absolute Gasteiger partial charge is 0.407 e. The van der Waals surface area contributed by atoms with Crippen LogP contribution in [0.2, 0.25) is 0 Å². The van der Waals surface area contributed by atoms with Gasteiger partial charge in [-0.25, -0.2) is 4.79 Å². The fourth-order valence-corrected chi connectivity index (χ4v) is 3.09. The predicted molar refractivity (Wildman–Crippen MR) is 95.3 cm³/mol. The molecule has 0 aliphatic carbocycles. The summed E-state index contributed by atoms with van der Waals surface area (Å²) in [4.78, 5) is 14.0. The van der Waals surface area contributed by atoms with Crippen LogP contribution in [0.4, 0.5) is 4.79 Å². The summed E-state index contributed by atoms with van der Waals surface area (Å²) in [5, 5.41) is 2.82. The Morgan fingerprint density at radius 2 is 1.88 bits per heavy atom. The monoisotopic (exact) mass is 348 g/mol. The number of nitrogens with one attached hydrogen (secondary N) is 1. The van der Waals surface area contributed by atoms with Crippen molar-refractivity contribution in [3.8, 4) is 11.5 Å². The summed E-state index contributed by atoms with van der Waals surface area (Å²) in [5.41, 5.74) is 2.15. The first kappa shape index (κ1) is 17.9. The summed E-state index contributed by atoms with van der Waals surface area (Å²) in [6.45, 7) is 10.2. The Balaban J connectivity index is 1.53. The van der Waals surface area contributed by atoms with E-state index in [0.29, 0.717) is 19.8 Å². The molecule has 6 nitrogen and oxygen atoms in total. The number of nitrogens with zero attached hydrogens (tertiary/aromatic N) is 1. The van der Waals surface area contributed by atoms with Gasteiger partial charge in [-0.2, -0.15) is 0 Å². The van der Waals surface area contributed by atoms with Gasteiger partial charge in [0.05, 0.1) is 13.2 Å². The molecule has 1 amide bonds. The maximum Gasteiger partial charge on any atom is 0.407 e. The number of rotatable bonds is 3. The molecule has 0 radical (unpaired) electrons. The highest BCUT2D eigenvalue weighted by Gasteiger charge is 2.21. The highest BCUT2D eigenvalue weighted by atomic mass is 16.6. The fraction of sp³-hybridized carbons (Fsp3) is 0.632. The second-order valence-electron chi connectivity index (χ2n) is 7.57. The molecular formula is C19H28N2O4. The molecule has 0 saturated heterocycles. The average molecular weight is 348 g/mol. The summed E-state index contributed by atoms with van der Waals surface area (Å²) in [5.74, 6) is 1.72. The number of benzene rings is 1. The minimum absolute atomic E-state index is 0.360. The van der Waals surface area contributed by atoms with Crippen molar-refractivity contribution in [3.05, 3.63) is 23.3 Å². The molecule has 2 heterocycles. The van der Waals surface area contributed by atoms with E-state index in [4.69, 9.17) is 14.2 Å². The van der Waals surface area contributed by atoms with Gasteiger partial charge >= 0.3 is 6.09 Å². The van der Waals surface area contributed by atoms with Crippen molar-refractivity contribution in [1.29, 1.82) is 0 Å². The Kier molecular flexibility index (Phi) is 5.37. The van der Waals surface area contributed by atoms with Gasteiger partial charge in [-0.3, -0.25) is 4.90 Å². The highest BCUT2D eigenvalue weighted by Crippen LogP contribution is 2.35. The van der Waals surface area contributed by atoms with Crippen molar-refractivity contribution in [1.82, 2.24) is 10.2 Å². The minimum Gasteiger partial charge on any atom is -0.490 e. The zero-order chi connectivity index (χ0) is 17.9. The second kappa shape index (κ2) is 7.52. The molecule has 1 N–H and O–H groups in total. The first-order valence-electron chi connectivity index (χ1n) is 9.01.